The Labute approximate surface area is 184 Å². The third-order valence-electron chi connectivity index (χ3n) is 4.29. The van der Waals surface area contributed by atoms with Gasteiger partial charge in [0.1, 0.15) is 6.54 Å². The molecule has 8 heteroatoms. The molecule has 1 aliphatic rings. The quantitative estimate of drug-likeness (QED) is 0.338. The van der Waals surface area contributed by atoms with Crippen LogP contribution in [0.3, 0.4) is 0 Å². The highest BCUT2D eigenvalue weighted by atomic mass is 127. The Morgan fingerprint density at radius 3 is 2.74 bits per heavy atom. The molecular weight excluding hydrogens is 479 g/mol. The summed E-state index contributed by atoms with van der Waals surface area (Å²) < 4.78 is 5.74. The van der Waals surface area contributed by atoms with Crippen molar-refractivity contribution >= 4 is 47.4 Å². The van der Waals surface area contributed by atoms with E-state index in [-0.39, 0.29) is 42.5 Å². The van der Waals surface area contributed by atoms with Gasteiger partial charge in [0.05, 0.1) is 6.10 Å². The summed E-state index contributed by atoms with van der Waals surface area (Å²) in [5, 5.41) is 7.34. The predicted octanol–water partition coefficient (Wildman–Crippen LogP) is 2.69. The van der Waals surface area contributed by atoms with Crippen molar-refractivity contribution in [1.29, 1.82) is 0 Å². The van der Waals surface area contributed by atoms with Crippen LogP contribution in [-0.2, 0) is 16.0 Å². The van der Waals surface area contributed by atoms with Gasteiger partial charge in [-0.15, -0.1) is 24.0 Å². The topological polar surface area (TPSA) is 66.0 Å². The van der Waals surface area contributed by atoms with E-state index in [2.05, 4.69) is 15.6 Å². The van der Waals surface area contributed by atoms with E-state index >= 15 is 0 Å². The molecule has 1 fully saturated rings. The molecule has 0 radical (unpaired) electrons. The molecule has 1 atom stereocenters. The van der Waals surface area contributed by atoms with Crippen molar-refractivity contribution < 1.29 is 9.53 Å². The SMILES string of the molecule is CN(C)C(=O)CN=C(NCCc1ccccc1Cl)NCC1CCCCO1.I. The monoisotopic (exact) mass is 508 g/mol. The van der Waals surface area contributed by atoms with E-state index in [4.69, 9.17) is 16.3 Å². The third kappa shape index (κ3) is 9.12. The summed E-state index contributed by atoms with van der Waals surface area (Å²) in [5.74, 6) is 0.590. The maximum atomic E-state index is 11.8. The number of rotatable bonds is 7. The number of hydrogen-bond donors (Lipinski definition) is 2. The summed E-state index contributed by atoms with van der Waals surface area (Å²) in [6.45, 7) is 2.29. The summed E-state index contributed by atoms with van der Waals surface area (Å²) in [6.07, 6.45) is 4.35. The number of guanidine groups is 1. The molecule has 0 aromatic heterocycles. The maximum Gasteiger partial charge on any atom is 0.243 e. The third-order valence-corrected chi connectivity index (χ3v) is 4.66. The van der Waals surface area contributed by atoms with E-state index < -0.39 is 0 Å². The van der Waals surface area contributed by atoms with Gasteiger partial charge in [0.25, 0.3) is 0 Å². The van der Waals surface area contributed by atoms with Crippen LogP contribution in [0, 0.1) is 0 Å². The highest BCUT2D eigenvalue weighted by Crippen LogP contribution is 2.15. The lowest BCUT2D eigenvalue weighted by molar-refractivity contribution is -0.127. The van der Waals surface area contributed by atoms with Crippen LogP contribution < -0.4 is 10.6 Å². The first kappa shape index (κ1) is 24.0. The van der Waals surface area contributed by atoms with E-state index in [9.17, 15) is 4.79 Å². The fourth-order valence-corrected chi connectivity index (χ4v) is 2.89. The summed E-state index contributed by atoms with van der Waals surface area (Å²) >= 11 is 6.20. The molecule has 0 saturated carbocycles. The van der Waals surface area contributed by atoms with Crippen LogP contribution in [0.1, 0.15) is 24.8 Å². The molecule has 0 aliphatic carbocycles. The average Bonchev–Trinajstić information content (AvgIpc) is 2.65. The van der Waals surface area contributed by atoms with Gasteiger partial charge in [-0.25, -0.2) is 4.99 Å². The van der Waals surface area contributed by atoms with Crippen LogP contribution in [0.5, 0.6) is 0 Å². The molecule has 6 nitrogen and oxygen atoms in total. The van der Waals surface area contributed by atoms with Crippen molar-refractivity contribution in [1.82, 2.24) is 15.5 Å². The fraction of sp³-hybridized carbons (Fsp3) is 0.579. The van der Waals surface area contributed by atoms with Gasteiger partial charge in [-0.3, -0.25) is 4.79 Å². The van der Waals surface area contributed by atoms with Crippen LogP contribution in [0.4, 0.5) is 0 Å². The largest absolute Gasteiger partial charge is 0.376 e. The molecule has 1 aromatic carbocycles. The number of carbonyl (C=O) groups is 1. The molecule has 27 heavy (non-hydrogen) atoms. The number of benzene rings is 1. The molecule has 2 N–H and O–H groups in total. The molecule has 2 rings (SSSR count). The summed E-state index contributed by atoms with van der Waals surface area (Å²) in [5.41, 5.74) is 1.08. The zero-order valence-electron chi connectivity index (χ0n) is 16.0. The number of nitrogens with one attached hydrogen (secondary N) is 2. The zero-order valence-corrected chi connectivity index (χ0v) is 19.1. The molecule has 1 amide bonds. The molecule has 1 unspecified atom stereocenters. The van der Waals surface area contributed by atoms with E-state index in [0.29, 0.717) is 19.0 Å². The van der Waals surface area contributed by atoms with E-state index in [0.717, 1.165) is 36.5 Å². The molecule has 1 aromatic rings. The summed E-state index contributed by atoms with van der Waals surface area (Å²) in [7, 11) is 3.46. The van der Waals surface area contributed by atoms with Gasteiger partial charge in [-0.05, 0) is 37.3 Å². The summed E-state index contributed by atoms with van der Waals surface area (Å²) in [6, 6.07) is 7.80. The van der Waals surface area contributed by atoms with Crippen LogP contribution in [0.15, 0.2) is 29.3 Å². The van der Waals surface area contributed by atoms with Crippen molar-refractivity contribution in [3.05, 3.63) is 34.9 Å². The first-order valence-electron chi connectivity index (χ1n) is 9.13. The van der Waals surface area contributed by atoms with Gasteiger partial charge in [0.2, 0.25) is 5.91 Å². The smallest absolute Gasteiger partial charge is 0.243 e. The molecule has 0 spiro atoms. The van der Waals surface area contributed by atoms with Crippen molar-refractivity contribution in [2.24, 2.45) is 4.99 Å². The van der Waals surface area contributed by atoms with E-state index in [1.807, 2.05) is 24.3 Å². The van der Waals surface area contributed by atoms with Gasteiger partial charge in [-0.2, -0.15) is 0 Å². The second-order valence-corrected chi connectivity index (χ2v) is 7.00. The average molecular weight is 509 g/mol. The number of halogens is 2. The Kier molecular flexibility index (Phi) is 11.7. The molecule has 0 bridgehead atoms. The number of aliphatic imine (C=N–C) groups is 1. The number of amides is 1. The minimum absolute atomic E-state index is 0. The lowest BCUT2D eigenvalue weighted by atomic mass is 10.1. The van der Waals surface area contributed by atoms with Gasteiger partial charge in [0, 0.05) is 38.8 Å². The number of nitrogens with zero attached hydrogens (tertiary/aromatic N) is 2. The molecule has 152 valence electrons. The lowest BCUT2D eigenvalue weighted by Gasteiger charge is -2.24. The standard InChI is InChI=1S/C19H29ClN4O2.HI/c1-24(2)18(25)14-23-19(22-13-16-8-5-6-12-26-16)21-11-10-15-7-3-4-9-17(15)20;/h3-4,7,9,16H,5-6,8,10-14H2,1-2H3,(H2,21,22,23);1H. The van der Waals surface area contributed by atoms with Crippen molar-refractivity contribution in [3.8, 4) is 0 Å². The fourth-order valence-electron chi connectivity index (χ4n) is 2.66. The number of hydrogen-bond acceptors (Lipinski definition) is 3. The van der Waals surface area contributed by atoms with Crippen molar-refractivity contribution in [2.45, 2.75) is 31.8 Å². The van der Waals surface area contributed by atoms with Crippen LogP contribution in [0.25, 0.3) is 0 Å². The number of likely N-dealkylation sites (N-methyl/N-ethyl adjacent to an activating group) is 1. The van der Waals surface area contributed by atoms with Crippen LogP contribution in [0.2, 0.25) is 5.02 Å². The zero-order chi connectivity index (χ0) is 18.8. The molecule has 1 aliphatic heterocycles. The van der Waals surface area contributed by atoms with Crippen LogP contribution >= 0.6 is 35.6 Å². The van der Waals surface area contributed by atoms with Crippen molar-refractivity contribution in [2.75, 3.05) is 40.3 Å². The number of carbonyl (C=O) groups excluding carboxylic acids is 1. The van der Waals surface area contributed by atoms with Gasteiger partial charge >= 0.3 is 0 Å². The Bertz CT molecular complexity index is 607. The molecule has 1 heterocycles. The Hall–Kier alpha value is -1.06. The lowest BCUT2D eigenvalue weighted by Crippen LogP contribution is -2.43. The Morgan fingerprint density at radius 2 is 2.07 bits per heavy atom. The molecular formula is C19H30ClIN4O2. The number of ether oxygens (including phenoxy) is 1. The highest BCUT2D eigenvalue weighted by Gasteiger charge is 2.14. The van der Waals surface area contributed by atoms with Crippen molar-refractivity contribution in [3.63, 3.8) is 0 Å². The van der Waals surface area contributed by atoms with E-state index in [1.165, 1.54) is 11.3 Å². The predicted molar refractivity (Wildman–Crippen MR) is 121 cm³/mol. The minimum Gasteiger partial charge on any atom is -0.376 e. The first-order valence-corrected chi connectivity index (χ1v) is 9.51. The Morgan fingerprint density at radius 1 is 1.30 bits per heavy atom. The van der Waals surface area contributed by atoms with Crippen LogP contribution in [-0.4, -0.2) is 63.2 Å². The normalized spacial score (nSPS) is 17.0. The minimum atomic E-state index is -0.0360. The highest BCUT2D eigenvalue weighted by molar-refractivity contribution is 14.0. The first-order chi connectivity index (χ1) is 12.6. The second kappa shape index (κ2) is 13.2. The van der Waals surface area contributed by atoms with Gasteiger partial charge in [0.15, 0.2) is 5.96 Å². The Balaban J connectivity index is 0.00000364. The van der Waals surface area contributed by atoms with Gasteiger partial charge in [-0.1, -0.05) is 29.8 Å². The maximum absolute atomic E-state index is 11.8. The van der Waals surface area contributed by atoms with E-state index in [1.54, 1.807) is 14.1 Å². The van der Waals surface area contributed by atoms with Gasteiger partial charge < -0.3 is 20.3 Å². The second-order valence-electron chi connectivity index (χ2n) is 6.59. The summed E-state index contributed by atoms with van der Waals surface area (Å²) in [4.78, 5) is 17.7. The molecule has 1 saturated heterocycles.